The zero-order valence-electron chi connectivity index (χ0n) is 11.1. The molecule has 0 saturated carbocycles. The van der Waals surface area contributed by atoms with E-state index in [0.717, 1.165) is 6.42 Å². The minimum Gasteiger partial charge on any atom is -0.480 e. The summed E-state index contributed by atoms with van der Waals surface area (Å²) in [5.74, 6) is -1.06. The van der Waals surface area contributed by atoms with Gasteiger partial charge in [-0.3, -0.25) is 0 Å². The molecule has 18 heavy (non-hydrogen) atoms. The number of unbranched alkanes of at least 4 members (excludes halogenated alkanes) is 1. The molecule has 0 aliphatic carbocycles. The smallest absolute Gasteiger partial charge is 0.408 e. The van der Waals surface area contributed by atoms with Gasteiger partial charge in [-0.05, 0) is 46.6 Å². The van der Waals surface area contributed by atoms with Gasteiger partial charge < -0.3 is 20.9 Å². The molecule has 0 aromatic carbocycles. The summed E-state index contributed by atoms with van der Waals surface area (Å²) in [5.41, 5.74) is 4.68. The third-order valence-corrected chi connectivity index (χ3v) is 1.94. The number of halogens is 1. The number of carbonyl (C=O) groups excluding carboxylic acids is 1. The van der Waals surface area contributed by atoms with E-state index in [9.17, 15) is 9.59 Å². The molecule has 0 spiro atoms. The predicted molar refractivity (Wildman–Crippen MR) is 70.9 cm³/mol. The molecular formula is C11H23ClN2O4. The first-order valence-electron chi connectivity index (χ1n) is 5.68. The van der Waals surface area contributed by atoms with Gasteiger partial charge in [-0.25, -0.2) is 9.59 Å². The largest absolute Gasteiger partial charge is 0.480 e. The van der Waals surface area contributed by atoms with Crippen molar-refractivity contribution in [3.63, 3.8) is 0 Å². The summed E-state index contributed by atoms with van der Waals surface area (Å²) < 4.78 is 4.99. The Balaban J connectivity index is 0. The number of nitrogens with two attached hydrogens (primary N) is 1. The maximum absolute atomic E-state index is 11.4. The third-order valence-electron chi connectivity index (χ3n) is 1.94. The molecule has 4 N–H and O–H groups in total. The van der Waals surface area contributed by atoms with Crippen molar-refractivity contribution in [1.82, 2.24) is 5.32 Å². The second-order valence-corrected chi connectivity index (χ2v) is 4.82. The van der Waals surface area contributed by atoms with E-state index in [-0.39, 0.29) is 12.4 Å². The van der Waals surface area contributed by atoms with Crippen molar-refractivity contribution >= 4 is 24.5 Å². The summed E-state index contributed by atoms with van der Waals surface area (Å²) in [4.78, 5) is 22.3. The molecule has 0 aromatic rings. The first-order chi connectivity index (χ1) is 7.76. The summed E-state index contributed by atoms with van der Waals surface area (Å²) >= 11 is 0. The fraction of sp³-hybridized carbons (Fsp3) is 0.818. The zero-order valence-corrected chi connectivity index (χ0v) is 11.9. The minimum absolute atomic E-state index is 0. The Kier molecular flexibility index (Phi) is 9.66. The molecule has 0 unspecified atom stereocenters. The number of aliphatic carboxylic acids is 1. The molecule has 0 fully saturated rings. The number of nitrogens with one attached hydrogen (secondary N) is 1. The highest BCUT2D eigenvalue weighted by Crippen LogP contribution is 2.08. The Morgan fingerprint density at radius 2 is 1.89 bits per heavy atom. The lowest BCUT2D eigenvalue weighted by Crippen LogP contribution is -2.43. The Bertz CT molecular complexity index is 266. The van der Waals surface area contributed by atoms with Gasteiger partial charge in [0, 0.05) is 0 Å². The number of alkyl carbamates (subject to hydrolysis) is 1. The molecule has 1 atom stereocenters. The van der Waals surface area contributed by atoms with Gasteiger partial charge in [0.2, 0.25) is 0 Å². The van der Waals surface area contributed by atoms with Crippen molar-refractivity contribution in [1.29, 1.82) is 0 Å². The number of carbonyl (C=O) groups is 2. The van der Waals surface area contributed by atoms with Crippen molar-refractivity contribution < 1.29 is 19.4 Å². The van der Waals surface area contributed by atoms with E-state index in [1.165, 1.54) is 0 Å². The van der Waals surface area contributed by atoms with Crippen molar-refractivity contribution in [2.45, 2.75) is 51.7 Å². The van der Waals surface area contributed by atoms with E-state index >= 15 is 0 Å². The van der Waals surface area contributed by atoms with Crippen LogP contribution in [0.3, 0.4) is 0 Å². The molecule has 1 amide bonds. The second-order valence-electron chi connectivity index (χ2n) is 4.82. The van der Waals surface area contributed by atoms with Crippen molar-refractivity contribution in [2.75, 3.05) is 6.54 Å². The molecule has 7 heteroatoms. The van der Waals surface area contributed by atoms with Crippen LogP contribution < -0.4 is 11.1 Å². The summed E-state index contributed by atoms with van der Waals surface area (Å²) in [6, 6.07) is -0.920. The van der Waals surface area contributed by atoms with Crippen molar-refractivity contribution in [3.05, 3.63) is 0 Å². The van der Waals surface area contributed by atoms with Crippen molar-refractivity contribution in [3.8, 4) is 0 Å². The lowest BCUT2D eigenvalue weighted by Gasteiger charge is -2.21. The molecule has 0 heterocycles. The van der Waals surface area contributed by atoms with Gasteiger partial charge in [-0.15, -0.1) is 12.4 Å². The number of ether oxygens (including phenoxy) is 1. The number of rotatable bonds is 6. The van der Waals surface area contributed by atoms with Crippen LogP contribution in [0, 0.1) is 0 Å². The summed E-state index contributed by atoms with van der Waals surface area (Å²) in [7, 11) is 0. The topological polar surface area (TPSA) is 102 Å². The van der Waals surface area contributed by atoms with Gasteiger partial charge in [0.15, 0.2) is 0 Å². The molecule has 108 valence electrons. The van der Waals surface area contributed by atoms with E-state index in [1.807, 2.05) is 0 Å². The molecule has 6 nitrogen and oxygen atoms in total. The van der Waals surface area contributed by atoms with E-state index in [0.29, 0.717) is 19.4 Å². The van der Waals surface area contributed by atoms with Gasteiger partial charge in [-0.2, -0.15) is 0 Å². The van der Waals surface area contributed by atoms with Gasteiger partial charge in [0.25, 0.3) is 0 Å². The molecule has 0 radical (unpaired) electrons. The van der Waals surface area contributed by atoms with E-state index < -0.39 is 23.7 Å². The first-order valence-corrected chi connectivity index (χ1v) is 5.68. The number of amides is 1. The average Bonchev–Trinajstić information content (AvgIpc) is 2.13. The number of hydrogen-bond donors (Lipinski definition) is 3. The molecule has 0 rings (SSSR count). The van der Waals surface area contributed by atoms with E-state index in [2.05, 4.69) is 5.32 Å². The number of carboxylic acid groups (broad SMARTS) is 1. The normalized spacial score (nSPS) is 12.2. The second kappa shape index (κ2) is 8.99. The maximum Gasteiger partial charge on any atom is 0.408 e. The third kappa shape index (κ3) is 10.2. The van der Waals surface area contributed by atoms with Gasteiger partial charge in [0.1, 0.15) is 11.6 Å². The summed E-state index contributed by atoms with van der Waals surface area (Å²) in [5, 5.41) is 11.2. The molecule has 0 saturated heterocycles. The first kappa shape index (κ1) is 19.3. The van der Waals surface area contributed by atoms with Crippen LogP contribution in [0.2, 0.25) is 0 Å². The Labute approximate surface area is 114 Å². The fourth-order valence-corrected chi connectivity index (χ4v) is 1.20. The SMILES string of the molecule is CC(C)(C)OC(=O)N[C@H](CCCCN)C(=O)O.Cl. The summed E-state index contributed by atoms with van der Waals surface area (Å²) in [6.07, 6.45) is 1.03. The Morgan fingerprint density at radius 3 is 2.28 bits per heavy atom. The molecule has 0 aromatic heterocycles. The molecular weight excluding hydrogens is 260 g/mol. The van der Waals surface area contributed by atoms with Crippen LogP contribution in [-0.4, -0.2) is 35.4 Å². The Morgan fingerprint density at radius 1 is 1.33 bits per heavy atom. The lowest BCUT2D eigenvalue weighted by molar-refractivity contribution is -0.139. The highest BCUT2D eigenvalue weighted by molar-refractivity contribution is 5.85. The number of hydrogen-bond acceptors (Lipinski definition) is 4. The highest BCUT2D eigenvalue weighted by Gasteiger charge is 2.23. The van der Waals surface area contributed by atoms with E-state index in [1.54, 1.807) is 20.8 Å². The van der Waals surface area contributed by atoms with Gasteiger partial charge in [0.05, 0.1) is 0 Å². The predicted octanol–water partition coefficient (Wildman–Crippen LogP) is 1.52. The fourth-order valence-electron chi connectivity index (χ4n) is 1.20. The highest BCUT2D eigenvalue weighted by atomic mass is 35.5. The minimum atomic E-state index is -1.06. The van der Waals surface area contributed by atoms with Crippen LogP contribution in [0.5, 0.6) is 0 Å². The van der Waals surface area contributed by atoms with Crippen LogP contribution >= 0.6 is 12.4 Å². The molecule has 0 aliphatic heterocycles. The van der Waals surface area contributed by atoms with Crippen LogP contribution in [-0.2, 0) is 9.53 Å². The average molecular weight is 283 g/mol. The summed E-state index contributed by atoms with van der Waals surface area (Å²) in [6.45, 7) is 5.67. The van der Waals surface area contributed by atoms with Crippen LogP contribution in [0.1, 0.15) is 40.0 Å². The van der Waals surface area contributed by atoms with Crippen molar-refractivity contribution in [2.24, 2.45) is 5.73 Å². The maximum atomic E-state index is 11.4. The molecule has 0 aliphatic rings. The quantitative estimate of drug-likeness (QED) is 0.641. The monoisotopic (exact) mass is 282 g/mol. The number of carboxylic acids is 1. The van der Waals surface area contributed by atoms with Crippen LogP contribution in [0.15, 0.2) is 0 Å². The van der Waals surface area contributed by atoms with Crippen LogP contribution in [0.4, 0.5) is 4.79 Å². The van der Waals surface area contributed by atoms with Gasteiger partial charge in [-0.1, -0.05) is 0 Å². The lowest BCUT2D eigenvalue weighted by atomic mass is 10.1. The zero-order chi connectivity index (χ0) is 13.5. The standard InChI is InChI=1S/C11H22N2O4.ClH/c1-11(2,3)17-10(16)13-8(9(14)15)6-4-5-7-12;/h8H,4-7,12H2,1-3H3,(H,13,16)(H,14,15);1H/t8-;/m1./s1. The van der Waals surface area contributed by atoms with Gasteiger partial charge >= 0.3 is 12.1 Å². The molecule has 0 bridgehead atoms. The Hall–Kier alpha value is -1.01. The van der Waals surface area contributed by atoms with Crippen LogP contribution in [0.25, 0.3) is 0 Å². The van der Waals surface area contributed by atoms with E-state index in [4.69, 9.17) is 15.6 Å².